The van der Waals surface area contributed by atoms with Crippen molar-refractivity contribution in [2.24, 2.45) is 4.99 Å². The van der Waals surface area contributed by atoms with Gasteiger partial charge in [0.25, 0.3) is 0 Å². The van der Waals surface area contributed by atoms with Crippen LogP contribution in [0.5, 0.6) is 0 Å². The van der Waals surface area contributed by atoms with E-state index in [2.05, 4.69) is 115 Å². The Balaban J connectivity index is 1.22. The van der Waals surface area contributed by atoms with Gasteiger partial charge >= 0.3 is 0 Å². The molecular formula is C41H31N3. The van der Waals surface area contributed by atoms with Crippen LogP contribution in [-0.2, 0) is 0 Å². The van der Waals surface area contributed by atoms with Crippen molar-refractivity contribution in [3.63, 3.8) is 0 Å². The largest absolute Gasteiger partial charge is 0.309 e. The molecule has 1 heterocycles. The number of amidine groups is 1. The monoisotopic (exact) mass is 565 g/mol. The van der Waals surface area contributed by atoms with Crippen LogP contribution >= 0.6 is 0 Å². The molecule has 0 aliphatic rings. The first-order valence-electron chi connectivity index (χ1n) is 14.8. The van der Waals surface area contributed by atoms with Crippen LogP contribution in [-0.4, -0.2) is 16.1 Å². The summed E-state index contributed by atoms with van der Waals surface area (Å²) in [6.45, 7) is 2.08. The summed E-state index contributed by atoms with van der Waals surface area (Å²) in [6, 6.07) is 54.2. The molecule has 7 rings (SSSR count). The molecule has 0 spiro atoms. The zero-order valence-corrected chi connectivity index (χ0v) is 24.5. The van der Waals surface area contributed by atoms with E-state index in [-0.39, 0.29) is 5.84 Å². The van der Waals surface area contributed by atoms with Gasteiger partial charge in [0.15, 0.2) is 5.84 Å². The Labute approximate surface area is 257 Å². The minimum atomic E-state index is 0.227. The fourth-order valence-electron chi connectivity index (χ4n) is 5.81. The van der Waals surface area contributed by atoms with Gasteiger partial charge in [-0.25, -0.2) is 4.99 Å². The second kappa shape index (κ2) is 11.8. The third-order valence-electron chi connectivity index (χ3n) is 8.06. The first-order valence-corrected chi connectivity index (χ1v) is 14.8. The molecule has 1 aromatic heterocycles. The Bertz CT molecular complexity index is 2110. The Morgan fingerprint density at radius 2 is 1.09 bits per heavy atom. The van der Waals surface area contributed by atoms with Crippen LogP contribution in [0.25, 0.3) is 44.2 Å². The number of para-hydroxylation sites is 2. The van der Waals surface area contributed by atoms with Crippen molar-refractivity contribution in [3.05, 3.63) is 180 Å². The molecule has 44 heavy (non-hydrogen) atoms. The fourth-order valence-corrected chi connectivity index (χ4v) is 5.81. The summed E-state index contributed by atoms with van der Waals surface area (Å²) in [5, 5.41) is 11.5. The van der Waals surface area contributed by atoms with Gasteiger partial charge in [-0.2, -0.15) is 0 Å². The minimum absolute atomic E-state index is 0.227. The summed E-state index contributed by atoms with van der Waals surface area (Å²) in [6.07, 6.45) is 2.07. The summed E-state index contributed by atoms with van der Waals surface area (Å²) in [5.41, 5.74) is 10.4. The van der Waals surface area contributed by atoms with Crippen LogP contribution in [0.3, 0.4) is 0 Å². The number of fused-ring (bicyclic) bond motifs is 3. The Kier molecular flexibility index (Phi) is 7.27. The lowest BCUT2D eigenvalue weighted by Crippen LogP contribution is -2.04. The molecule has 0 aliphatic carbocycles. The van der Waals surface area contributed by atoms with Crippen LogP contribution in [0, 0.1) is 5.41 Å². The summed E-state index contributed by atoms with van der Waals surface area (Å²) in [5.74, 6) is 0.227. The maximum atomic E-state index is 8.98. The maximum Gasteiger partial charge on any atom is 0.152 e. The van der Waals surface area contributed by atoms with Crippen LogP contribution in [0.15, 0.2) is 169 Å². The molecule has 0 saturated carbocycles. The van der Waals surface area contributed by atoms with Gasteiger partial charge in [0, 0.05) is 27.6 Å². The van der Waals surface area contributed by atoms with E-state index in [1.165, 1.54) is 21.8 Å². The third-order valence-corrected chi connectivity index (χ3v) is 8.06. The minimum Gasteiger partial charge on any atom is -0.309 e. The molecule has 7 aromatic rings. The molecule has 1 N–H and O–H groups in total. The number of aromatic nitrogens is 1. The van der Waals surface area contributed by atoms with Gasteiger partial charge in [-0.1, -0.05) is 127 Å². The average Bonchev–Trinajstić information content (AvgIpc) is 3.43. The molecule has 0 bridgehead atoms. The number of aliphatic imine (C=N–C) groups is 1. The van der Waals surface area contributed by atoms with Gasteiger partial charge in [-0.05, 0) is 65.6 Å². The van der Waals surface area contributed by atoms with Gasteiger partial charge in [0.1, 0.15) is 0 Å². The molecule has 210 valence electrons. The van der Waals surface area contributed by atoms with Gasteiger partial charge in [0.2, 0.25) is 0 Å². The lowest BCUT2D eigenvalue weighted by atomic mass is 10.0. The summed E-state index contributed by atoms with van der Waals surface area (Å²) in [4.78, 5) is 4.84. The van der Waals surface area contributed by atoms with Crippen LogP contribution in [0.1, 0.15) is 23.6 Å². The lowest BCUT2D eigenvalue weighted by molar-refractivity contribution is 1.18. The first kappa shape index (κ1) is 27.1. The Morgan fingerprint density at radius 3 is 1.73 bits per heavy atom. The smallest absolute Gasteiger partial charge is 0.152 e. The van der Waals surface area contributed by atoms with Crippen molar-refractivity contribution in [2.75, 3.05) is 0 Å². The van der Waals surface area contributed by atoms with E-state index >= 15 is 0 Å². The Hall–Kier alpha value is -5.80. The second-order valence-corrected chi connectivity index (χ2v) is 10.9. The van der Waals surface area contributed by atoms with E-state index in [0.29, 0.717) is 0 Å². The Morgan fingerprint density at radius 1 is 0.545 bits per heavy atom. The predicted octanol–water partition coefficient (Wildman–Crippen LogP) is 10.4. The molecule has 0 unspecified atom stereocenters. The van der Waals surface area contributed by atoms with Crippen molar-refractivity contribution in [3.8, 4) is 16.8 Å². The molecule has 0 aliphatic heterocycles. The van der Waals surface area contributed by atoms with Crippen molar-refractivity contribution < 1.29 is 0 Å². The molecule has 6 aromatic carbocycles. The van der Waals surface area contributed by atoms with E-state index in [0.717, 1.165) is 44.8 Å². The molecule has 3 nitrogen and oxygen atoms in total. The van der Waals surface area contributed by atoms with Crippen molar-refractivity contribution >= 4 is 38.9 Å². The number of rotatable bonds is 6. The second-order valence-electron chi connectivity index (χ2n) is 10.9. The molecule has 0 radical (unpaired) electrons. The molecule has 0 amide bonds. The highest BCUT2D eigenvalue weighted by Gasteiger charge is 2.12. The van der Waals surface area contributed by atoms with Gasteiger partial charge in [-0.15, -0.1) is 0 Å². The SMILES string of the molecule is C/C(=C\C(=NC(=N)c1cccc(-c2ccc(-n3c4ccccc4c4ccccc43)cc2)c1)c1ccccc1)c1ccccc1. The van der Waals surface area contributed by atoms with E-state index in [4.69, 9.17) is 10.4 Å². The first-order chi connectivity index (χ1) is 21.7. The summed E-state index contributed by atoms with van der Waals surface area (Å²) in [7, 11) is 0. The van der Waals surface area contributed by atoms with Gasteiger partial charge < -0.3 is 4.57 Å². The van der Waals surface area contributed by atoms with E-state index in [9.17, 15) is 0 Å². The highest BCUT2D eigenvalue weighted by Crippen LogP contribution is 2.32. The van der Waals surface area contributed by atoms with Crippen molar-refractivity contribution in [2.45, 2.75) is 6.92 Å². The molecule has 3 heteroatoms. The molecule has 0 fully saturated rings. The zero-order valence-electron chi connectivity index (χ0n) is 24.5. The lowest BCUT2D eigenvalue weighted by Gasteiger charge is -2.10. The van der Waals surface area contributed by atoms with E-state index < -0.39 is 0 Å². The number of nitrogens with one attached hydrogen (secondary N) is 1. The number of hydrogen-bond acceptors (Lipinski definition) is 1. The number of allylic oxidation sites excluding steroid dienone is 2. The molecular weight excluding hydrogens is 534 g/mol. The van der Waals surface area contributed by atoms with Crippen molar-refractivity contribution in [1.29, 1.82) is 5.41 Å². The third kappa shape index (κ3) is 5.28. The zero-order chi connectivity index (χ0) is 29.9. The number of hydrogen-bond donors (Lipinski definition) is 1. The van der Waals surface area contributed by atoms with Crippen LogP contribution in [0.4, 0.5) is 0 Å². The highest BCUT2D eigenvalue weighted by molar-refractivity contribution is 6.18. The van der Waals surface area contributed by atoms with E-state index in [1.54, 1.807) is 0 Å². The highest BCUT2D eigenvalue weighted by atomic mass is 15.0. The number of nitrogens with zero attached hydrogens (tertiary/aromatic N) is 2. The van der Waals surface area contributed by atoms with Gasteiger partial charge in [0.05, 0.1) is 16.7 Å². The summed E-state index contributed by atoms with van der Waals surface area (Å²) < 4.78 is 2.32. The maximum absolute atomic E-state index is 8.98. The van der Waals surface area contributed by atoms with Crippen LogP contribution in [0.2, 0.25) is 0 Å². The number of benzene rings is 6. The van der Waals surface area contributed by atoms with Crippen LogP contribution < -0.4 is 0 Å². The molecule has 0 atom stereocenters. The van der Waals surface area contributed by atoms with E-state index in [1.807, 2.05) is 60.7 Å². The van der Waals surface area contributed by atoms with Gasteiger partial charge in [-0.3, -0.25) is 5.41 Å². The predicted molar refractivity (Wildman–Crippen MR) is 186 cm³/mol. The molecule has 0 saturated heterocycles. The fraction of sp³-hybridized carbons (Fsp3) is 0.0244. The quantitative estimate of drug-likeness (QED) is 0.154. The summed E-state index contributed by atoms with van der Waals surface area (Å²) >= 11 is 0. The topological polar surface area (TPSA) is 41.1 Å². The van der Waals surface area contributed by atoms with Crippen molar-refractivity contribution in [1.82, 2.24) is 4.57 Å². The average molecular weight is 566 g/mol. The normalized spacial score (nSPS) is 12.1. The standard InChI is InChI=1S/C41H31N3/c1-29(30-13-4-2-5-14-30)27-38(32-15-6-3-7-16-32)43-41(42)34-18-12-17-33(28-34)31-23-25-35(26-24-31)44-39-21-10-8-19-36(39)37-20-9-11-22-40(37)44/h2-28,42H,1H3/b29-27+,42-41?,43-38?.